The van der Waals surface area contributed by atoms with E-state index in [0.29, 0.717) is 154 Å². The van der Waals surface area contributed by atoms with Crippen LogP contribution < -0.4 is 15.4 Å². The third-order valence-corrected chi connectivity index (χ3v) is 10.8. The highest BCUT2D eigenvalue weighted by atomic mass is 35.5. The largest absolute Gasteiger partial charge is 0.420 e. The van der Waals surface area contributed by atoms with Gasteiger partial charge in [0.1, 0.15) is 23.1 Å². The highest BCUT2D eigenvalue weighted by Crippen LogP contribution is 2.25. The maximum Gasteiger partial charge on any atom is 0.313 e. The Morgan fingerprint density at radius 2 is 1.37 bits per heavy atom. The average Bonchev–Trinajstić information content (AvgIpc) is 3.81. The van der Waals surface area contributed by atoms with Crippen molar-refractivity contribution in [2.45, 2.75) is 43.5 Å². The van der Waals surface area contributed by atoms with Crippen LogP contribution in [0, 0.1) is 22.9 Å². The lowest BCUT2D eigenvalue weighted by Gasteiger charge is -2.16. The first kappa shape index (κ1) is 59.4. The number of hydrogen-bond donors (Lipinski definition) is 3. The Morgan fingerprint density at radius 3 is 1.96 bits per heavy atom. The van der Waals surface area contributed by atoms with Gasteiger partial charge >= 0.3 is 5.97 Å². The Morgan fingerprint density at radius 1 is 0.803 bits per heavy atom. The predicted molar refractivity (Wildman–Crippen MR) is 261 cm³/mol. The van der Waals surface area contributed by atoms with Gasteiger partial charge in [0.05, 0.1) is 143 Å². The molecule has 71 heavy (non-hydrogen) atoms. The number of nitrogens with one attached hydrogen (secondary N) is 3. The lowest BCUT2D eigenvalue weighted by atomic mass is 10.2. The number of nitrogens with zero attached hydrogens (tertiary/aromatic N) is 5. The molecule has 2 aromatic carbocycles. The molecule has 2 unspecified atom stereocenters. The quantitative estimate of drug-likeness (QED) is 0.00908. The van der Waals surface area contributed by atoms with Crippen molar-refractivity contribution < 1.29 is 69.9 Å². The minimum absolute atomic E-state index is 0.0475. The normalized spacial score (nSPS) is 11.8. The molecule has 3 N–H and O–H groups in total. The van der Waals surface area contributed by atoms with Crippen molar-refractivity contribution >= 4 is 56.6 Å². The second-order valence-electron chi connectivity index (χ2n) is 14.7. The van der Waals surface area contributed by atoms with Crippen LogP contribution in [0.15, 0.2) is 47.5 Å². The van der Waals surface area contributed by atoms with Crippen molar-refractivity contribution in [3.05, 3.63) is 82.2 Å². The summed E-state index contributed by atoms with van der Waals surface area (Å²) in [6, 6.07) is 9.05. The molecule has 0 bridgehead atoms. The number of halogens is 4. The molecule has 0 saturated heterocycles. The number of thioether (sulfide) groups is 1. The highest BCUT2D eigenvalue weighted by Gasteiger charge is 2.17. The first-order valence-corrected chi connectivity index (χ1v) is 24.5. The highest BCUT2D eigenvalue weighted by molar-refractivity contribution is 7.99. The van der Waals surface area contributed by atoms with E-state index in [2.05, 4.69) is 57.2 Å². The van der Waals surface area contributed by atoms with E-state index in [9.17, 15) is 18.0 Å². The van der Waals surface area contributed by atoms with E-state index in [-0.39, 0.29) is 37.6 Å². The van der Waals surface area contributed by atoms with Crippen LogP contribution in [0.2, 0.25) is 5.28 Å². The number of methoxy groups -OCH3 is 1. The molecule has 0 aliphatic rings. The van der Waals surface area contributed by atoms with Crippen molar-refractivity contribution in [2.24, 2.45) is 0 Å². The zero-order valence-electron chi connectivity index (χ0n) is 39.6. The number of rotatable bonds is 42. The summed E-state index contributed by atoms with van der Waals surface area (Å²) >= 11 is 7.91. The van der Waals surface area contributed by atoms with E-state index >= 15 is 0 Å². The number of anilines is 2. The molecule has 0 saturated carbocycles. The van der Waals surface area contributed by atoms with Gasteiger partial charge in [-0.25, -0.2) is 17.9 Å². The monoisotopic (exact) mass is 1060 g/mol. The molecular weight excluding hydrogens is 1000 g/mol. The zero-order valence-corrected chi connectivity index (χ0v) is 42.3. The molecule has 4 aromatic rings. The van der Waals surface area contributed by atoms with E-state index in [4.69, 9.17) is 64.2 Å². The Labute approximate surface area is 422 Å². The van der Waals surface area contributed by atoms with Crippen LogP contribution in [0.1, 0.15) is 29.7 Å². The third-order valence-electron chi connectivity index (χ3n) is 9.48. The van der Waals surface area contributed by atoms with Crippen molar-refractivity contribution in [2.75, 3.05) is 136 Å². The summed E-state index contributed by atoms with van der Waals surface area (Å²) in [6.07, 6.45) is 3.34. The van der Waals surface area contributed by atoms with Crippen molar-refractivity contribution in [1.82, 2.24) is 25.0 Å². The standard InChI is InChI=1S/C45H63ClF3N8O12PS/c1-59-36(32-68-70)6-8-51-43-38(28-50)44(54-45(46)53-43)52-29-33-2-4-37(5-3-33)71-25-24-66-21-20-64-18-19-65-22-23-67-31-35-30-57(56-55-35)9-11-61-13-15-63-17-16-62-14-12-60-10-7-41(58)69-42-39(48)26-34(47)27-40(42)49/h2-5,26-28,30,36,50H,6-25,29,31-32,70H2,1H3,(H2,51,52,53,54). The molecule has 2 aromatic heterocycles. The molecule has 2 heterocycles. The van der Waals surface area contributed by atoms with E-state index in [0.717, 1.165) is 16.2 Å². The van der Waals surface area contributed by atoms with E-state index in [1.165, 1.54) is 6.21 Å². The predicted octanol–water partition coefficient (Wildman–Crippen LogP) is 5.79. The van der Waals surface area contributed by atoms with Crippen molar-refractivity contribution in [1.29, 1.82) is 5.41 Å². The Hall–Kier alpha value is -4.14. The summed E-state index contributed by atoms with van der Waals surface area (Å²) in [4.78, 5) is 21.4. The summed E-state index contributed by atoms with van der Waals surface area (Å²) in [5, 5.41) is 22.7. The van der Waals surface area contributed by atoms with E-state index < -0.39 is 29.2 Å². The van der Waals surface area contributed by atoms with Crippen LogP contribution in [0.3, 0.4) is 0 Å². The SMILES string of the molecule is COC(CCNc1nc(Cl)nc(NCc2ccc(SCCOCCOCCOCCOCc3cn(CCOCCOCCOCCOCCC(=O)Oc4c(F)cc(F)cc4F)nn3)cc2)c1C=N)COP. The maximum absolute atomic E-state index is 13.6. The van der Waals surface area contributed by atoms with Crippen LogP contribution in [-0.4, -0.2) is 168 Å². The molecule has 0 fully saturated rings. The summed E-state index contributed by atoms with van der Waals surface area (Å²) in [6.45, 7) is 7.82. The second kappa shape index (κ2) is 36.7. The summed E-state index contributed by atoms with van der Waals surface area (Å²) in [5.41, 5.74) is 2.25. The van der Waals surface area contributed by atoms with Gasteiger partial charge < -0.3 is 67.9 Å². The summed E-state index contributed by atoms with van der Waals surface area (Å²) in [5.74, 6) is -3.86. The van der Waals surface area contributed by atoms with Crippen LogP contribution in [-0.2, 0) is 71.6 Å². The van der Waals surface area contributed by atoms with Gasteiger partial charge in [-0.15, -0.1) is 16.9 Å². The molecular formula is C45H63ClF3N8O12PS. The number of hydrogen-bond acceptors (Lipinski definition) is 20. The number of esters is 1. The minimum Gasteiger partial charge on any atom is -0.420 e. The third kappa shape index (κ3) is 25.4. The average molecular weight is 1060 g/mol. The molecule has 20 nitrogen and oxygen atoms in total. The zero-order chi connectivity index (χ0) is 50.7. The van der Waals surface area contributed by atoms with Crippen LogP contribution in [0.4, 0.5) is 24.8 Å². The number of ether oxygens (including phenoxy) is 10. The smallest absolute Gasteiger partial charge is 0.313 e. The van der Waals surface area contributed by atoms with Crippen molar-refractivity contribution in [3.63, 3.8) is 0 Å². The maximum atomic E-state index is 13.6. The number of carbonyl (C=O) groups is 1. The molecule has 0 spiro atoms. The second-order valence-corrected chi connectivity index (χ2v) is 16.6. The fourth-order valence-electron chi connectivity index (χ4n) is 5.90. The van der Waals surface area contributed by atoms with Crippen LogP contribution in [0.25, 0.3) is 0 Å². The Bertz CT molecular complexity index is 2090. The van der Waals surface area contributed by atoms with Crippen LogP contribution in [0.5, 0.6) is 5.75 Å². The number of carbonyl (C=O) groups excluding carboxylic acids is 1. The molecule has 0 radical (unpaired) electrons. The van der Waals surface area contributed by atoms with Crippen LogP contribution >= 0.6 is 32.8 Å². The van der Waals surface area contributed by atoms with Gasteiger partial charge in [-0.3, -0.25) is 4.79 Å². The molecule has 2 atom stereocenters. The van der Waals surface area contributed by atoms with Gasteiger partial charge in [-0.2, -0.15) is 9.97 Å². The molecule has 394 valence electrons. The fraction of sp³-hybridized carbons (Fsp3) is 0.556. The topological polar surface area (TPSA) is 223 Å². The molecule has 0 aliphatic carbocycles. The lowest BCUT2D eigenvalue weighted by Crippen LogP contribution is -2.21. The van der Waals surface area contributed by atoms with Gasteiger partial charge in [-0.05, 0) is 35.7 Å². The minimum atomic E-state index is -1.31. The van der Waals surface area contributed by atoms with Gasteiger partial charge in [-0.1, -0.05) is 17.3 Å². The van der Waals surface area contributed by atoms with Gasteiger partial charge in [0.2, 0.25) is 11.0 Å². The van der Waals surface area contributed by atoms with Crippen molar-refractivity contribution in [3.8, 4) is 5.75 Å². The van der Waals surface area contributed by atoms with E-state index in [1.807, 2.05) is 12.1 Å². The first-order valence-electron chi connectivity index (χ1n) is 22.7. The fourth-order valence-corrected chi connectivity index (χ4v) is 7.05. The lowest BCUT2D eigenvalue weighted by molar-refractivity contribution is -0.136. The molecule has 4 rings (SSSR count). The molecule has 26 heteroatoms. The Balaban J connectivity index is 0.884. The molecule has 0 aliphatic heterocycles. The number of aromatic nitrogens is 5. The summed E-state index contributed by atoms with van der Waals surface area (Å²) < 4.78 is 101. The Kier molecular flexibility index (Phi) is 30.7. The van der Waals surface area contributed by atoms with E-state index in [1.54, 1.807) is 29.8 Å². The number of benzene rings is 2. The first-order chi connectivity index (χ1) is 34.7. The molecule has 0 amide bonds. The van der Waals surface area contributed by atoms with Gasteiger partial charge in [0, 0.05) is 58.7 Å². The van der Waals surface area contributed by atoms with Gasteiger partial charge in [0.25, 0.3) is 0 Å². The summed E-state index contributed by atoms with van der Waals surface area (Å²) in [7, 11) is 3.85. The van der Waals surface area contributed by atoms with Gasteiger partial charge in [0.15, 0.2) is 11.6 Å².